The van der Waals surface area contributed by atoms with E-state index in [0.717, 1.165) is 30.1 Å². The molecule has 5 heteroatoms. The molecule has 1 N–H and O–H groups in total. The molecule has 1 saturated carbocycles. The van der Waals surface area contributed by atoms with Crippen molar-refractivity contribution in [2.45, 2.75) is 31.7 Å². The smallest absolute Gasteiger partial charge is 0.347 e. The van der Waals surface area contributed by atoms with Crippen LogP contribution < -0.4 is 0 Å². The summed E-state index contributed by atoms with van der Waals surface area (Å²) in [6.07, 6.45) is 3.38. The molecule has 1 aromatic heterocycles. The fourth-order valence-electron chi connectivity index (χ4n) is 1.83. The average Bonchev–Trinajstić information content (AvgIpc) is 2.44. The van der Waals surface area contributed by atoms with Gasteiger partial charge < -0.3 is 10.0 Å². The Kier molecular flexibility index (Phi) is 3.25. The molecule has 0 bridgehead atoms. The van der Waals surface area contributed by atoms with Gasteiger partial charge in [0.2, 0.25) is 0 Å². The number of thiazole rings is 1. The van der Waals surface area contributed by atoms with E-state index in [1.807, 2.05) is 19.0 Å². The Balaban J connectivity index is 2.26. The molecule has 0 aromatic carbocycles. The molecule has 16 heavy (non-hydrogen) atoms. The van der Waals surface area contributed by atoms with Gasteiger partial charge in [-0.25, -0.2) is 9.78 Å². The molecule has 4 nitrogen and oxygen atoms in total. The molecule has 0 aliphatic heterocycles. The second-order valence-electron chi connectivity index (χ2n) is 4.49. The first-order chi connectivity index (χ1) is 7.58. The van der Waals surface area contributed by atoms with Gasteiger partial charge in [0.15, 0.2) is 0 Å². The second kappa shape index (κ2) is 4.51. The summed E-state index contributed by atoms with van der Waals surface area (Å²) < 4.78 is 0. The average molecular weight is 240 g/mol. The summed E-state index contributed by atoms with van der Waals surface area (Å²) in [5, 5.41) is 10.0. The largest absolute Gasteiger partial charge is 0.477 e. The predicted molar refractivity (Wildman–Crippen MR) is 63.1 cm³/mol. The van der Waals surface area contributed by atoms with Crippen molar-refractivity contribution in [3.05, 3.63) is 15.6 Å². The predicted octanol–water partition coefficient (Wildman–Crippen LogP) is 2.17. The number of carbonyl (C=O) groups is 1. The van der Waals surface area contributed by atoms with Crippen LogP contribution in [0.15, 0.2) is 0 Å². The van der Waals surface area contributed by atoms with Crippen LogP contribution >= 0.6 is 11.3 Å². The maximum Gasteiger partial charge on any atom is 0.347 e. The van der Waals surface area contributed by atoms with Crippen LogP contribution in [0, 0.1) is 0 Å². The molecular formula is C11H16N2O2S. The van der Waals surface area contributed by atoms with Gasteiger partial charge in [-0.2, -0.15) is 0 Å². The van der Waals surface area contributed by atoms with Crippen molar-refractivity contribution in [2.24, 2.45) is 0 Å². The van der Waals surface area contributed by atoms with E-state index in [-0.39, 0.29) is 0 Å². The van der Waals surface area contributed by atoms with Crippen LogP contribution in [-0.4, -0.2) is 35.1 Å². The van der Waals surface area contributed by atoms with Crippen LogP contribution in [0.5, 0.6) is 0 Å². The van der Waals surface area contributed by atoms with Crippen LogP contribution in [0.1, 0.15) is 45.6 Å². The first-order valence-electron chi connectivity index (χ1n) is 5.45. The van der Waals surface area contributed by atoms with E-state index < -0.39 is 5.97 Å². The number of carboxylic acids is 1. The number of aromatic nitrogens is 1. The summed E-state index contributed by atoms with van der Waals surface area (Å²) in [4.78, 5) is 18.1. The summed E-state index contributed by atoms with van der Waals surface area (Å²) in [6, 6.07) is 0. The third kappa shape index (κ3) is 2.25. The van der Waals surface area contributed by atoms with Crippen molar-refractivity contribution in [1.29, 1.82) is 0 Å². The SMILES string of the molecule is CN(C)Cc1nc(C2CCC2)c(C(=O)O)s1. The fourth-order valence-corrected chi connectivity index (χ4v) is 2.93. The Morgan fingerprint density at radius 3 is 2.69 bits per heavy atom. The third-order valence-corrected chi connectivity index (χ3v) is 3.88. The summed E-state index contributed by atoms with van der Waals surface area (Å²) in [5.41, 5.74) is 0.820. The van der Waals surface area contributed by atoms with E-state index in [1.165, 1.54) is 17.8 Å². The van der Waals surface area contributed by atoms with Gasteiger partial charge in [0.05, 0.1) is 5.69 Å². The normalized spacial score (nSPS) is 16.4. The topological polar surface area (TPSA) is 53.4 Å². The lowest BCUT2D eigenvalue weighted by molar-refractivity contribution is 0.0699. The van der Waals surface area contributed by atoms with Crippen molar-refractivity contribution < 1.29 is 9.90 Å². The van der Waals surface area contributed by atoms with Gasteiger partial charge in [-0.05, 0) is 26.9 Å². The minimum Gasteiger partial charge on any atom is -0.477 e. The highest BCUT2D eigenvalue weighted by atomic mass is 32.1. The van der Waals surface area contributed by atoms with Gasteiger partial charge in [-0.3, -0.25) is 0 Å². The van der Waals surface area contributed by atoms with Crippen LogP contribution in [0.2, 0.25) is 0 Å². The molecule has 0 amide bonds. The maximum atomic E-state index is 11.1. The minimum absolute atomic E-state index is 0.387. The Bertz CT molecular complexity index is 397. The summed E-state index contributed by atoms with van der Waals surface area (Å²) in [7, 11) is 3.93. The van der Waals surface area contributed by atoms with Crippen LogP contribution in [-0.2, 0) is 6.54 Å². The monoisotopic (exact) mass is 240 g/mol. The minimum atomic E-state index is -0.829. The van der Waals surface area contributed by atoms with Crippen molar-refractivity contribution in [3.8, 4) is 0 Å². The molecule has 2 rings (SSSR count). The van der Waals surface area contributed by atoms with Crippen molar-refractivity contribution in [1.82, 2.24) is 9.88 Å². The van der Waals surface area contributed by atoms with Gasteiger partial charge >= 0.3 is 5.97 Å². The van der Waals surface area contributed by atoms with Gasteiger partial charge in [0.1, 0.15) is 9.88 Å². The van der Waals surface area contributed by atoms with E-state index in [1.54, 1.807) is 0 Å². The van der Waals surface area contributed by atoms with Gasteiger partial charge in [0, 0.05) is 12.5 Å². The molecule has 0 saturated heterocycles. The fraction of sp³-hybridized carbons (Fsp3) is 0.636. The molecular weight excluding hydrogens is 224 g/mol. The lowest BCUT2D eigenvalue weighted by Gasteiger charge is -2.23. The number of aromatic carboxylic acids is 1. The van der Waals surface area contributed by atoms with Gasteiger partial charge in [-0.1, -0.05) is 6.42 Å². The van der Waals surface area contributed by atoms with Crippen molar-refractivity contribution >= 4 is 17.3 Å². The zero-order valence-corrected chi connectivity index (χ0v) is 10.4. The molecule has 1 heterocycles. The highest BCUT2D eigenvalue weighted by Gasteiger charge is 2.28. The van der Waals surface area contributed by atoms with Crippen molar-refractivity contribution in [2.75, 3.05) is 14.1 Å². The number of hydrogen-bond donors (Lipinski definition) is 1. The molecule has 1 fully saturated rings. The number of rotatable bonds is 4. The number of carboxylic acid groups (broad SMARTS) is 1. The molecule has 0 unspecified atom stereocenters. The molecule has 1 aromatic rings. The summed E-state index contributed by atoms with van der Waals surface area (Å²) >= 11 is 1.32. The zero-order valence-electron chi connectivity index (χ0n) is 9.56. The van der Waals surface area contributed by atoms with E-state index in [0.29, 0.717) is 10.8 Å². The molecule has 0 atom stereocenters. The molecule has 1 aliphatic rings. The standard InChI is InChI=1S/C11H16N2O2S/c1-13(2)6-8-12-9(7-4-3-5-7)10(16-8)11(14)15/h7H,3-6H2,1-2H3,(H,14,15). The van der Waals surface area contributed by atoms with Crippen LogP contribution in [0.4, 0.5) is 0 Å². The third-order valence-electron chi connectivity index (χ3n) is 2.84. The van der Waals surface area contributed by atoms with E-state index in [2.05, 4.69) is 4.98 Å². The first-order valence-corrected chi connectivity index (χ1v) is 6.27. The zero-order chi connectivity index (χ0) is 11.7. The van der Waals surface area contributed by atoms with Crippen LogP contribution in [0.25, 0.3) is 0 Å². The Morgan fingerprint density at radius 2 is 2.25 bits per heavy atom. The Morgan fingerprint density at radius 1 is 1.56 bits per heavy atom. The Labute approximate surface area is 98.9 Å². The van der Waals surface area contributed by atoms with Gasteiger partial charge in [0.25, 0.3) is 0 Å². The van der Waals surface area contributed by atoms with Gasteiger partial charge in [-0.15, -0.1) is 11.3 Å². The highest BCUT2D eigenvalue weighted by molar-refractivity contribution is 7.13. The summed E-state index contributed by atoms with van der Waals surface area (Å²) in [5.74, 6) is -0.442. The highest BCUT2D eigenvalue weighted by Crippen LogP contribution is 2.39. The lowest BCUT2D eigenvalue weighted by atomic mass is 9.82. The molecule has 0 spiro atoms. The number of nitrogens with zero attached hydrogens (tertiary/aromatic N) is 2. The lowest BCUT2D eigenvalue weighted by Crippen LogP contribution is -2.13. The quantitative estimate of drug-likeness (QED) is 0.876. The van der Waals surface area contributed by atoms with Crippen molar-refractivity contribution in [3.63, 3.8) is 0 Å². The summed E-state index contributed by atoms with van der Waals surface area (Å²) in [6.45, 7) is 0.720. The molecule has 0 radical (unpaired) electrons. The second-order valence-corrected chi connectivity index (χ2v) is 5.58. The first kappa shape index (κ1) is 11.5. The van der Waals surface area contributed by atoms with Crippen LogP contribution in [0.3, 0.4) is 0 Å². The van der Waals surface area contributed by atoms with E-state index >= 15 is 0 Å². The number of hydrogen-bond acceptors (Lipinski definition) is 4. The molecule has 1 aliphatic carbocycles. The van der Waals surface area contributed by atoms with E-state index in [9.17, 15) is 4.79 Å². The maximum absolute atomic E-state index is 11.1. The van der Waals surface area contributed by atoms with E-state index in [4.69, 9.17) is 5.11 Å². The molecule has 88 valence electrons. The Hall–Kier alpha value is -0.940.